The second-order valence-corrected chi connectivity index (χ2v) is 3.66. The summed E-state index contributed by atoms with van der Waals surface area (Å²) in [5, 5.41) is 0.1000. The molecule has 1 atom stereocenters. The molecule has 1 rings (SSSR count). The maximum absolute atomic E-state index is 11.2. The number of anilines is 1. The number of hydrogen-bond acceptors (Lipinski definition) is 4. The van der Waals surface area contributed by atoms with Crippen LogP contribution in [-0.4, -0.2) is 36.8 Å². The van der Waals surface area contributed by atoms with Gasteiger partial charge < -0.3 is 14.6 Å². The Morgan fingerprint density at radius 3 is 3.00 bits per heavy atom. The zero-order valence-electron chi connectivity index (χ0n) is 8.95. The third kappa shape index (κ3) is 2.70. The van der Waals surface area contributed by atoms with Gasteiger partial charge in [0.25, 0.3) is 5.56 Å². The van der Waals surface area contributed by atoms with E-state index in [0.717, 1.165) is 0 Å². The molecule has 0 spiro atoms. The third-order valence-corrected chi connectivity index (χ3v) is 2.52. The minimum Gasteiger partial charge on any atom is -0.383 e. The van der Waals surface area contributed by atoms with Crippen molar-refractivity contribution in [2.75, 3.05) is 25.7 Å². The molecule has 0 aliphatic carbocycles. The molecule has 0 fully saturated rings. The maximum atomic E-state index is 11.2. The topological polar surface area (TPSA) is 58.2 Å². The van der Waals surface area contributed by atoms with Crippen LogP contribution in [0.1, 0.15) is 6.92 Å². The molecule has 1 unspecified atom stereocenters. The van der Waals surface area contributed by atoms with Gasteiger partial charge in [-0.3, -0.25) is 4.79 Å². The molecular formula is C9H14ClN3O2. The Morgan fingerprint density at radius 2 is 2.40 bits per heavy atom. The highest BCUT2D eigenvalue weighted by atomic mass is 35.5. The Kier molecular flexibility index (Phi) is 4.11. The molecule has 0 aliphatic rings. The van der Waals surface area contributed by atoms with Crippen molar-refractivity contribution >= 4 is 17.4 Å². The van der Waals surface area contributed by atoms with Crippen molar-refractivity contribution < 1.29 is 4.74 Å². The SMILES string of the molecule is COCC(C)N(C)c1nc[nH]c(=O)c1Cl. The van der Waals surface area contributed by atoms with E-state index in [1.54, 1.807) is 12.0 Å². The van der Waals surface area contributed by atoms with Crippen LogP contribution < -0.4 is 10.5 Å². The Bertz CT molecular complexity index is 380. The number of nitrogens with one attached hydrogen (secondary N) is 1. The summed E-state index contributed by atoms with van der Waals surface area (Å²) in [5.74, 6) is 0.463. The maximum Gasteiger partial charge on any atom is 0.271 e. The molecule has 0 saturated heterocycles. The van der Waals surface area contributed by atoms with Crippen molar-refractivity contribution in [3.8, 4) is 0 Å². The second-order valence-electron chi connectivity index (χ2n) is 3.28. The molecule has 0 aromatic carbocycles. The molecule has 6 heteroatoms. The average molecular weight is 232 g/mol. The van der Waals surface area contributed by atoms with Crippen molar-refractivity contribution in [3.05, 3.63) is 21.7 Å². The van der Waals surface area contributed by atoms with Gasteiger partial charge in [0.1, 0.15) is 5.02 Å². The first-order valence-corrected chi connectivity index (χ1v) is 4.90. The van der Waals surface area contributed by atoms with E-state index >= 15 is 0 Å². The lowest BCUT2D eigenvalue weighted by atomic mass is 10.3. The first kappa shape index (κ1) is 12.0. The summed E-state index contributed by atoms with van der Waals surface area (Å²) in [5.41, 5.74) is -0.335. The summed E-state index contributed by atoms with van der Waals surface area (Å²) in [6.07, 6.45) is 1.33. The highest BCUT2D eigenvalue weighted by Gasteiger charge is 2.15. The molecule has 0 radical (unpaired) electrons. The van der Waals surface area contributed by atoms with Crippen molar-refractivity contribution in [3.63, 3.8) is 0 Å². The highest BCUT2D eigenvalue weighted by Crippen LogP contribution is 2.18. The van der Waals surface area contributed by atoms with E-state index in [0.29, 0.717) is 12.4 Å². The van der Waals surface area contributed by atoms with E-state index in [1.807, 2.05) is 14.0 Å². The van der Waals surface area contributed by atoms with E-state index in [4.69, 9.17) is 16.3 Å². The number of aromatic amines is 1. The normalized spacial score (nSPS) is 12.5. The molecule has 1 aromatic heterocycles. The third-order valence-electron chi connectivity index (χ3n) is 2.18. The molecule has 0 aliphatic heterocycles. The van der Waals surface area contributed by atoms with Crippen LogP contribution >= 0.6 is 11.6 Å². The average Bonchev–Trinajstić information content (AvgIpc) is 2.21. The summed E-state index contributed by atoms with van der Waals surface area (Å²) < 4.78 is 5.02. The highest BCUT2D eigenvalue weighted by molar-refractivity contribution is 6.32. The number of rotatable bonds is 4. The summed E-state index contributed by atoms with van der Waals surface area (Å²) in [6, 6.07) is 0.0989. The second kappa shape index (κ2) is 5.14. The van der Waals surface area contributed by atoms with Gasteiger partial charge in [0.15, 0.2) is 5.82 Å². The molecule has 1 heterocycles. The summed E-state index contributed by atoms with van der Waals surface area (Å²) >= 11 is 5.84. The number of H-pyrrole nitrogens is 1. The Balaban J connectivity index is 2.95. The van der Waals surface area contributed by atoms with Crippen molar-refractivity contribution in [1.29, 1.82) is 0 Å². The van der Waals surface area contributed by atoms with Gasteiger partial charge in [-0.05, 0) is 6.92 Å². The van der Waals surface area contributed by atoms with Gasteiger partial charge in [0.2, 0.25) is 0 Å². The molecule has 0 amide bonds. The summed E-state index contributed by atoms with van der Waals surface area (Å²) in [4.78, 5) is 19.5. The molecule has 5 nitrogen and oxygen atoms in total. The zero-order chi connectivity index (χ0) is 11.4. The van der Waals surface area contributed by atoms with E-state index in [1.165, 1.54) is 6.33 Å². The van der Waals surface area contributed by atoms with Crippen molar-refractivity contribution in [1.82, 2.24) is 9.97 Å². The van der Waals surface area contributed by atoms with Gasteiger partial charge in [0.05, 0.1) is 19.0 Å². The number of likely N-dealkylation sites (N-methyl/N-ethyl adjacent to an activating group) is 1. The first-order valence-electron chi connectivity index (χ1n) is 4.53. The van der Waals surface area contributed by atoms with Gasteiger partial charge >= 0.3 is 0 Å². The number of nitrogens with zero attached hydrogens (tertiary/aromatic N) is 2. The molecule has 1 aromatic rings. The van der Waals surface area contributed by atoms with Crippen LogP contribution in [0, 0.1) is 0 Å². The number of ether oxygens (including phenoxy) is 1. The van der Waals surface area contributed by atoms with Crippen LogP contribution in [0.25, 0.3) is 0 Å². The zero-order valence-corrected chi connectivity index (χ0v) is 9.71. The quantitative estimate of drug-likeness (QED) is 0.837. The number of halogens is 1. The van der Waals surface area contributed by atoms with E-state index < -0.39 is 0 Å². The van der Waals surface area contributed by atoms with Crippen LogP contribution in [0.2, 0.25) is 5.02 Å². The number of hydrogen-bond donors (Lipinski definition) is 1. The lowest BCUT2D eigenvalue weighted by Crippen LogP contribution is -2.34. The van der Waals surface area contributed by atoms with Crippen LogP contribution in [0.15, 0.2) is 11.1 Å². The van der Waals surface area contributed by atoms with Crippen LogP contribution in [0.5, 0.6) is 0 Å². The number of aromatic nitrogens is 2. The van der Waals surface area contributed by atoms with Crippen LogP contribution in [-0.2, 0) is 4.74 Å². The van der Waals surface area contributed by atoms with Crippen LogP contribution in [0.3, 0.4) is 0 Å². The number of methoxy groups -OCH3 is 1. The largest absolute Gasteiger partial charge is 0.383 e. The van der Waals surface area contributed by atoms with E-state index in [2.05, 4.69) is 9.97 Å². The Hall–Kier alpha value is -1.07. The summed E-state index contributed by atoms with van der Waals surface area (Å²) in [7, 11) is 3.44. The Morgan fingerprint density at radius 1 is 1.73 bits per heavy atom. The molecule has 84 valence electrons. The minimum atomic E-state index is -0.335. The lowest BCUT2D eigenvalue weighted by Gasteiger charge is -2.25. The fraction of sp³-hybridized carbons (Fsp3) is 0.556. The smallest absolute Gasteiger partial charge is 0.271 e. The van der Waals surface area contributed by atoms with Gasteiger partial charge in [0, 0.05) is 14.2 Å². The van der Waals surface area contributed by atoms with Gasteiger partial charge in [-0.1, -0.05) is 11.6 Å². The summed E-state index contributed by atoms with van der Waals surface area (Å²) in [6.45, 7) is 2.50. The molecule has 0 bridgehead atoms. The van der Waals surface area contributed by atoms with E-state index in [-0.39, 0.29) is 16.6 Å². The van der Waals surface area contributed by atoms with Crippen molar-refractivity contribution in [2.45, 2.75) is 13.0 Å². The first-order chi connectivity index (χ1) is 7.07. The van der Waals surface area contributed by atoms with Gasteiger partial charge in [-0.2, -0.15) is 0 Å². The predicted molar refractivity (Wildman–Crippen MR) is 59.6 cm³/mol. The molecule has 1 N–H and O–H groups in total. The fourth-order valence-electron chi connectivity index (χ4n) is 1.18. The van der Waals surface area contributed by atoms with Crippen LogP contribution in [0.4, 0.5) is 5.82 Å². The van der Waals surface area contributed by atoms with Gasteiger partial charge in [-0.15, -0.1) is 0 Å². The lowest BCUT2D eigenvalue weighted by molar-refractivity contribution is 0.183. The molecule has 15 heavy (non-hydrogen) atoms. The standard InChI is InChI=1S/C9H14ClN3O2/c1-6(4-15-3)13(2)8-7(10)9(14)12-5-11-8/h5-6H,4H2,1-3H3,(H,11,12,14). The predicted octanol–water partition coefficient (Wildman–Crippen LogP) is 0.894. The van der Waals surface area contributed by atoms with E-state index in [9.17, 15) is 4.79 Å². The molecule has 0 saturated carbocycles. The van der Waals surface area contributed by atoms with Gasteiger partial charge in [-0.25, -0.2) is 4.98 Å². The molecular weight excluding hydrogens is 218 g/mol. The Labute approximate surface area is 93.0 Å². The van der Waals surface area contributed by atoms with Crippen molar-refractivity contribution in [2.24, 2.45) is 0 Å². The minimum absolute atomic E-state index is 0.0989. The monoisotopic (exact) mass is 231 g/mol. The fourth-order valence-corrected chi connectivity index (χ4v) is 1.42.